The summed E-state index contributed by atoms with van der Waals surface area (Å²) >= 11 is 7.18. The average molecular weight is 540 g/mol. The Bertz CT molecular complexity index is 1410. The van der Waals surface area contributed by atoms with E-state index in [4.69, 9.17) is 21.1 Å². The van der Waals surface area contributed by atoms with Crippen LogP contribution in [0.3, 0.4) is 0 Å². The second-order valence-electron chi connectivity index (χ2n) is 8.07. The molecular formula is C26H22ClN3O6S. The van der Waals surface area contributed by atoms with Crippen LogP contribution in [-0.4, -0.2) is 36.6 Å². The highest BCUT2D eigenvalue weighted by atomic mass is 35.5. The number of methoxy groups -OCH3 is 1. The van der Waals surface area contributed by atoms with Gasteiger partial charge in [0.15, 0.2) is 0 Å². The molecule has 0 bridgehead atoms. The number of thiophene rings is 1. The van der Waals surface area contributed by atoms with Gasteiger partial charge in [-0.25, -0.2) is 15.0 Å². The number of benzene rings is 2. The molecule has 2 amide bonds. The number of ether oxygens (including phenoxy) is 2. The molecule has 2 N–H and O–H groups in total. The van der Waals surface area contributed by atoms with Gasteiger partial charge in [-0.15, -0.1) is 11.3 Å². The van der Waals surface area contributed by atoms with E-state index in [1.807, 2.05) is 0 Å². The molecule has 0 atom stereocenters. The van der Waals surface area contributed by atoms with Crippen LogP contribution < -0.4 is 15.5 Å². The third-order valence-electron chi connectivity index (χ3n) is 5.61. The second kappa shape index (κ2) is 11.4. The van der Waals surface area contributed by atoms with Crippen molar-refractivity contribution in [3.05, 3.63) is 80.7 Å². The molecule has 1 aliphatic rings. The minimum atomic E-state index is -0.990. The van der Waals surface area contributed by atoms with Crippen molar-refractivity contribution < 1.29 is 28.7 Å². The first-order chi connectivity index (χ1) is 17.8. The number of rotatable bonds is 6. The maximum absolute atomic E-state index is 12.4. The number of nitrogens with one attached hydrogen (secondary N) is 2. The van der Waals surface area contributed by atoms with Gasteiger partial charge in [0.2, 0.25) is 0 Å². The van der Waals surface area contributed by atoms with Crippen molar-refractivity contribution in [1.29, 1.82) is 0 Å². The second-order valence-corrected chi connectivity index (χ2v) is 9.61. The van der Waals surface area contributed by atoms with E-state index in [9.17, 15) is 19.2 Å². The average Bonchev–Trinajstić information content (AvgIpc) is 3.48. The van der Waals surface area contributed by atoms with Crippen molar-refractivity contribution in [2.24, 2.45) is 5.10 Å². The minimum Gasteiger partial charge on any atom is -0.465 e. The summed E-state index contributed by atoms with van der Waals surface area (Å²) in [6.45, 7) is 1.64. The molecule has 0 saturated heterocycles. The third-order valence-corrected chi connectivity index (χ3v) is 7.05. The van der Waals surface area contributed by atoms with E-state index in [0.717, 1.165) is 29.7 Å². The molecule has 4 rings (SSSR count). The summed E-state index contributed by atoms with van der Waals surface area (Å²) in [7, 11) is 1.27. The zero-order valence-electron chi connectivity index (χ0n) is 19.9. The lowest BCUT2D eigenvalue weighted by Gasteiger charge is -2.07. The molecule has 190 valence electrons. The molecule has 0 saturated carbocycles. The standard InChI is InChI=1S/C26H22ClN3O6S/c1-14(15-9-11-18(12-10-15)36-25(33)16-5-3-6-17(27)13-16)29-30-23(32)22(31)28-24-21(26(34)35-2)19-7-4-8-20(19)37-24/h3,5-6,9-13H,4,7-8H2,1-2H3,(H,28,31)(H,30,32). The molecule has 3 aromatic rings. The van der Waals surface area contributed by atoms with E-state index in [1.54, 1.807) is 49.4 Å². The number of carbonyl (C=O) groups excluding carboxylic acids is 4. The molecule has 37 heavy (non-hydrogen) atoms. The highest BCUT2D eigenvalue weighted by Gasteiger charge is 2.29. The summed E-state index contributed by atoms with van der Waals surface area (Å²) in [5.74, 6) is -2.73. The van der Waals surface area contributed by atoms with Gasteiger partial charge in [0, 0.05) is 9.90 Å². The Labute approximate surface area is 221 Å². The molecular weight excluding hydrogens is 518 g/mol. The first-order valence-corrected chi connectivity index (χ1v) is 12.4. The molecule has 1 heterocycles. The van der Waals surface area contributed by atoms with E-state index in [2.05, 4.69) is 15.8 Å². The molecule has 1 aromatic heterocycles. The number of fused-ring (bicyclic) bond motifs is 1. The summed E-state index contributed by atoms with van der Waals surface area (Å²) < 4.78 is 10.2. The Morgan fingerprint density at radius 1 is 0.973 bits per heavy atom. The van der Waals surface area contributed by atoms with Crippen molar-refractivity contribution in [1.82, 2.24) is 5.43 Å². The molecule has 2 aromatic carbocycles. The monoisotopic (exact) mass is 539 g/mol. The maximum Gasteiger partial charge on any atom is 0.343 e. The minimum absolute atomic E-state index is 0.292. The van der Waals surface area contributed by atoms with Crippen molar-refractivity contribution in [2.45, 2.75) is 26.2 Å². The molecule has 9 nitrogen and oxygen atoms in total. The Morgan fingerprint density at radius 2 is 1.73 bits per heavy atom. The van der Waals surface area contributed by atoms with Crippen LogP contribution in [0.2, 0.25) is 5.02 Å². The normalized spacial score (nSPS) is 12.5. The Balaban J connectivity index is 1.36. The fourth-order valence-electron chi connectivity index (χ4n) is 3.77. The molecule has 0 fully saturated rings. The highest BCUT2D eigenvalue weighted by Crippen LogP contribution is 2.39. The van der Waals surface area contributed by atoms with Gasteiger partial charge in [-0.1, -0.05) is 17.7 Å². The lowest BCUT2D eigenvalue weighted by molar-refractivity contribution is -0.136. The van der Waals surface area contributed by atoms with Crippen molar-refractivity contribution >= 4 is 57.4 Å². The smallest absolute Gasteiger partial charge is 0.343 e. The number of nitrogens with zero attached hydrogens (tertiary/aromatic N) is 1. The van der Waals surface area contributed by atoms with Gasteiger partial charge in [0.05, 0.1) is 23.9 Å². The van der Waals surface area contributed by atoms with Gasteiger partial charge < -0.3 is 14.8 Å². The van der Waals surface area contributed by atoms with Crippen LogP contribution >= 0.6 is 22.9 Å². The lowest BCUT2D eigenvalue weighted by atomic mass is 10.1. The number of amides is 2. The number of hydrogen-bond acceptors (Lipinski definition) is 8. The molecule has 0 unspecified atom stereocenters. The van der Waals surface area contributed by atoms with E-state index >= 15 is 0 Å². The fraction of sp³-hybridized carbons (Fsp3) is 0.192. The molecule has 0 radical (unpaired) electrons. The highest BCUT2D eigenvalue weighted by molar-refractivity contribution is 7.17. The van der Waals surface area contributed by atoms with E-state index in [0.29, 0.717) is 38.2 Å². The topological polar surface area (TPSA) is 123 Å². The molecule has 1 aliphatic carbocycles. The van der Waals surface area contributed by atoms with Crippen LogP contribution in [0.25, 0.3) is 0 Å². The Morgan fingerprint density at radius 3 is 2.43 bits per heavy atom. The number of esters is 2. The first kappa shape index (κ1) is 26.1. The summed E-state index contributed by atoms with van der Waals surface area (Å²) in [4.78, 5) is 50.3. The lowest BCUT2D eigenvalue weighted by Crippen LogP contribution is -2.33. The number of hydrogen-bond donors (Lipinski definition) is 2. The number of carbonyl (C=O) groups is 4. The van der Waals surface area contributed by atoms with Gasteiger partial charge in [-0.3, -0.25) is 9.59 Å². The van der Waals surface area contributed by atoms with Crippen LogP contribution in [0.5, 0.6) is 5.75 Å². The summed E-state index contributed by atoms with van der Waals surface area (Å²) in [6, 6.07) is 12.9. The SMILES string of the molecule is COC(=O)c1c(NC(=O)C(=O)NN=C(C)c2ccc(OC(=O)c3cccc(Cl)c3)cc2)sc2c1CCC2. The number of anilines is 1. The van der Waals surface area contributed by atoms with Gasteiger partial charge in [-0.2, -0.15) is 5.10 Å². The Kier molecular flexibility index (Phi) is 8.00. The summed E-state index contributed by atoms with van der Waals surface area (Å²) in [6.07, 6.45) is 2.47. The van der Waals surface area contributed by atoms with Crippen molar-refractivity contribution in [3.8, 4) is 5.75 Å². The van der Waals surface area contributed by atoms with Gasteiger partial charge in [0.25, 0.3) is 0 Å². The van der Waals surface area contributed by atoms with Crippen LogP contribution in [0, 0.1) is 0 Å². The van der Waals surface area contributed by atoms with Crippen LogP contribution in [0.1, 0.15) is 50.1 Å². The summed E-state index contributed by atoms with van der Waals surface area (Å²) in [5, 5.41) is 7.19. The van der Waals surface area contributed by atoms with Crippen LogP contribution in [-0.2, 0) is 27.2 Å². The predicted molar refractivity (Wildman–Crippen MR) is 140 cm³/mol. The molecule has 0 spiro atoms. The predicted octanol–water partition coefficient (Wildman–Crippen LogP) is 4.37. The number of aryl methyl sites for hydroxylation is 1. The third kappa shape index (κ3) is 6.04. The number of halogens is 1. The largest absolute Gasteiger partial charge is 0.465 e. The zero-order chi connectivity index (χ0) is 26.5. The zero-order valence-corrected chi connectivity index (χ0v) is 21.5. The van der Waals surface area contributed by atoms with E-state index < -0.39 is 23.8 Å². The van der Waals surface area contributed by atoms with Crippen LogP contribution in [0.4, 0.5) is 5.00 Å². The van der Waals surface area contributed by atoms with Crippen LogP contribution in [0.15, 0.2) is 53.6 Å². The Hall–Kier alpha value is -4.02. The van der Waals surface area contributed by atoms with E-state index in [-0.39, 0.29) is 0 Å². The quantitative estimate of drug-likeness (QED) is 0.158. The number of hydrazone groups is 1. The van der Waals surface area contributed by atoms with Crippen molar-refractivity contribution in [2.75, 3.05) is 12.4 Å². The summed E-state index contributed by atoms with van der Waals surface area (Å²) in [5.41, 5.74) is 4.75. The maximum atomic E-state index is 12.4. The molecule has 0 aliphatic heterocycles. The molecule has 11 heteroatoms. The first-order valence-electron chi connectivity index (χ1n) is 11.2. The fourth-order valence-corrected chi connectivity index (χ4v) is 5.23. The van der Waals surface area contributed by atoms with Crippen molar-refractivity contribution in [3.63, 3.8) is 0 Å². The van der Waals surface area contributed by atoms with Gasteiger partial charge >= 0.3 is 23.8 Å². The van der Waals surface area contributed by atoms with E-state index in [1.165, 1.54) is 24.5 Å². The van der Waals surface area contributed by atoms with Gasteiger partial charge in [0.1, 0.15) is 10.8 Å². The van der Waals surface area contributed by atoms with Gasteiger partial charge in [-0.05, 0) is 79.8 Å².